The lowest BCUT2D eigenvalue weighted by Gasteiger charge is -2.32. The summed E-state index contributed by atoms with van der Waals surface area (Å²) in [4.78, 5) is 12.2. The van der Waals surface area contributed by atoms with Crippen molar-refractivity contribution < 1.29 is 14.2 Å². The monoisotopic (exact) mass is 561 g/mol. The number of nitrogens with one attached hydrogen (secondary N) is 1. The molecule has 2 fully saturated rings. The van der Waals surface area contributed by atoms with Crippen LogP contribution in [-0.4, -0.2) is 107 Å². The number of likely N-dealkylation sites (N-methyl/N-ethyl adjacent to an activating group) is 1. The van der Waals surface area contributed by atoms with Crippen LogP contribution in [0.15, 0.2) is 23.2 Å². The first-order valence-corrected chi connectivity index (χ1v) is 11.3. The zero-order valence-electron chi connectivity index (χ0n) is 20.2. The van der Waals surface area contributed by atoms with Crippen LogP contribution in [0.3, 0.4) is 0 Å². The highest BCUT2D eigenvalue weighted by Crippen LogP contribution is 2.31. The summed E-state index contributed by atoms with van der Waals surface area (Å²) in [5.41, 5.74) is 1.16. The first kappa shape index (κ1) is 26.9. The van der Waals surface area contributed by atoms with Crippen LogP contribution in [0.2, 0.25) is 0 Å². The third kappa shape index (κ3) is 6.85. The van der Waals surface area contributed by atoms with Gasteiger partial charge in [-0.25, -0.2) is 0 Å². The van der Waals surface area contributed by atoms with E-state index in [4.69, 9.17) is 19.2 Å². The number of nitrogens with zero attached hydrogens (tertiary/aromatic N) is 4. The zero-order valence-corrected chi connectivity index (χ0v) is 22.5. The number of ether oxygens (including phenoxy) is 3. The summed E-state index contributed by atoms with van der Waals surface area (Å²) in [6, 6.07) is 6.84. The average molecular weight is 562 g/mol. The Balaban J connectivity index is 0.00000363. The molecule has 0 aliphatic carbocycles. The van der Waals surface area contributed by atoms with Crippen molar-refractivity contribution >= 4 is 29.9 Å². The molecule has 8 nitrogen and oxygen atoms in total. The number of likely N-dealkylation sites (tertiary alicyclic amines) is 1. The number of aliphatic imine (C=N–C) groups is 1. The van der Waals surface area contributed by atoms with E-state index in [0.717, 1.165) is 69.0 Å². The molecule has 0 bridgehead atoms. The van der Waals surface area contributed by atoms with Gasteiger partial charge in [-0.15, -0.1) is 24.0 Å². The summed E-state index contributed by atoms with van der Waals surface area (Å²) >= 11 is 0. The quantitative estimate of drug-likeness (QED) is 0.297. The lowest BCUT2D eigenvalue weighted by molar-refractivity contribution is 0.0195. The van der Waals surface area contributed by atoms with Crippen molar-refractivity contribution in [2.24, 2.45) is 4.99 Å². The second kappa shape index (κ2) is 13.4. The molecule has 32 heavy (non-hydrogen) atoms. The zero-order chi connectivity index (χ0) is 22.2. The van der Waals surface area contributed by atoms with Gasteiger partial charge in [-0.1, -0.05) is 6.07 Å². The van der Waals surface area contributed by atoms with E-state index < -0.39 is 0 Å². The van der Waals surface area contributed by atoms with Gasteiger partial charge in [0.05, 0.1) is 40.0 Å². The second-order valence-corrected chi connectivity index (χ2v) is 8.33. The number of hydrogen-bond donors (Lipinski definition) is 1. The van der Waals surface area contributed by atoms with Crippen molar-refractivity contribution in [3.8, 4) is 11.5 Å². The molecular weight excluding hydrogens is 521 g/mol. The molecule has 1 aromatic rings. The standard InChI is InChI=1S/C23H39N5O3.HI/c1-6-24-23(28-10-9-19(17-28)27-11-13-31-14-12-27)25-16-20(26(2)3)18-7-8-21(29-4)22(15-18)30-5;/h7-8,15,19-20H,6,9-14,16-17H2,1-5H3,(H,24,25);1H. The maximum atomic E-state index is 5.52. The Morgan fingerprint density at radius 1 is 1.19 bits per heavy atom. The molecule has 2 aliphatic rings. The van der Waals surface area contributed by atoms with E-state index in [1.54, 1.807) is 14.2 Å². The molecule has 1 aromatic carbocycles. The van der Waals surface area contributed by atoms with Gasteiger partial charge in [-0.05, 0) is 45.1 Å². The number of methoxy groups -OCH3 is 2. The fraction of sp³-hybridized carbons (Fsp3) is 0.696. The van der Waals surface area contributed by atoms with Gasteiger partial charge in [0.25, 0.3) is 0 Å². The van der Waals surface area contributed by atoms with E-state index in [2.05, 4.69) is 53.2 Å². The van der Waals surface area contributed by atoms with Crippen molar-refractivity contribution in [3.63, 3.8) is 0 Å². The minimum Gasteiger partial charge on any atom is -0.493 e. The van der Waals surface area contributed by atoms with Crippen LogP contribution < -0.4 is 14.8 Å². The van der Waals surface area contributed by atoms with Crippen LogP contribution in [0.4, 0.5) is 0 Å². The smallest absolute Gasteiger partial charge is 0.194 e. The summed E-state index contributed by atoms with van der Waals surface area (Å²) in [5, 5.41) is 3.50. The molecule has 0 radical (unpaired) electrons. The fourth-order valence-electron chi connectivity index (χ4n) is 4.40. The SMILES string of the molecule is CCNC(=NCC(c1ccc(OC)c(OC)c1)N(C)C)N1CCC(N2CCOCC2)C1.I. The van der Waals surface area contributed by atoms with Crippen molar-refractivity contribution in [2.75, 3.05) is 80.8 Å². The van der Waals surface area contributed by atoms with E-state index >= 15 is 0 Å². The minimum absolute atomic E-state index is 0. The van der Waals surface area contributed by atoms with Crippen molar-refractivity contribution in [1.82, 2.24) is 20.0 Å². The summed E-state index contributed by atoms with van der Waals surface area (Å²) in [5.74, 6) is 2.49. The van der Waals surface area contributed by atoms with Crippen LogP contribution >= 0.6 is 24.0 Å². The van der Waals surface area contributed by atoms with Gasteiger partial charge >= 0.3 is 0 Å². The molecule has 182 valence electrons. The maximum Gasteiger partial charge on any atom is 0.194 e. The lowest BCUT2D eigenvalue weighted by atomic mass is 10.1. The van der Waals surface area contributed by atoms with Gasteiger partial charge < -0.3 is 29.3 Å². The molecule has 3 rings (SSSR count). The summed E-state index contributed by atoms with van der Waals surface area (Å²) in [6.45, 7) is 9.49. The lowest BCUT2D eigenvalue weighted by Crippen LogP contribution is -2.46. The molecule has 0 aromatic heterocycles. The largest absolute Gasteiger partial charge is 0.493 e. The van der Waals surface area contributed by atoms with E-state index in [1.165, 1.54) is 6.42 Å². The molecule has 1 N–H and O–H groups in total. The number of halogens is 1. The summed E-state index contributed by atoms with van der Waals surface area (Å²) in [7, 11) is 7.52. The van der Waals surface area contributed by atoms with Crippen LogP contribution in [-0.2, 0) is 4.74 Å². The third-order valence-electron chi connectivity index (χ3n) is 6.19. The van der Waals surface area contributed by atoms with Crippen molar-refractivity contribution in [2.45, 2.75) is 25.4 Å². The van der Waals surface area contributed by atoms with Crippen LogP contribution in [0.1, 0.15) is 24.9 Å². The molecule has 0 saturated carbocycles. The summed E-state index contributed by atoms with van der Waals surface area (Å²) in [6.07, 6.45) is 1.18. The molecule has 2 aliphatic heterocycles. The Kier molecular flexibility index (Phi) is 11.3. The van der Waals surface area contributed by atoms with Gasteiger partial charge in [-0.3, -0.25) is 9.89 Å². The number of hydrogen-bond acceptors (Lipinski definition) is 6. The van der Waals surface area contributed by atoms with E-state index in [-0.39, 0.29) is 30.0 Å². The second-order valence-electron chi connectivity index (χ2n) is 8.33. The molecule has 2 heterocycles. The predicted molar refractivity (Wildman–Crippen MR) is 140 cm³/mol. The van der Waals surface area contributed by atoms with Gasteiger partial charge in [-0.2, -0.15) is 0 Å². The Hall–Kier alpha value is -1.30. The van der Waals surface area contributed by atoms with E-state index in [9.17, 15) is 0 Å². The van der Waals surface area contributed by atoms with E-state index in [0.29, 0.717) is 12.6 Å². The number of morpholine rings is 1. The molecular formula is C23H40IN5O3. The highest BCUT2D eigenvalue weighted by Gasteiger charge is 2.30. The first-order chi connectivity index (χ1) is 15.1. The third-order valence-corrected chi connectivity index (χ3v) is 6.19. The fourth-order valence-corrected chi connectivity index (χ4v) is 4.40. The molecule has 0 amide bonds. The molecule has 2 atom stereocenters. The van der Waals surface area contributed by atoms with Crippen LogP contribution in [0.5, 0.6) is 11.5 Å². The van der Waals surface area contributed by atoms with Gasteiger partial charge in [0.15, 0.2) is 17.5 Å². The van der Waals surface area contributed by atoms with Crippen LogP contribution in [0, 0.1) is 0 Å². The average Bonchev–Trinajstić information content (AvgIpc) is 3.29. The molecule has 2 unspecified atom stereocenters. The predicted octanol–water partition coefficient (Wildman–Crippen LogP) is 2.30. The van der Waals surface area contributed by atoms with Gasteiger partial charge in [0, 0.05) is 38.8 Å². The maximum absolute atomic E-state index is 5.52. The highest BCUT2D eigenvalue weighted by atomic mass is 127. The number of benzene rings is 1. The summed E-state index contributed by atoms with van der Waals surface area (Å²) < 4.78 is 16.4. The van der Waals surface area contributed by atoms with Gasteiger partial charge in [0.1, 0.15) is 0 Å². The van der Waals surface area contributed by atoms with Crippen LogP contribution in [0.25, 0.3) is 0 Å². The van der Waals surface area contributed by atoms with Gasteiger partial charge in [0.2, 0.25) is 0 Å². The molecule has 9 heteroatoms. The highest BCUT2D eigenvalue weighted by molar-refractivity contribution is 14.0. The Bertz CT molecular complexity index is 728. The topological polar surface area (TPSA) is 61.8 Å². The Morgan fingerprint density at radius 2 is 1.91 bits per heavy atom. The Labute approximate surface area is 210 Å². The number of guanidine groups is 1. The molecule has 0 spiro atoms. The normalized spacial score (nSPS) is 20.8. The van der Waals surface area contributed by atoms with Crippen molar-refractivity contribution in [3.05, 3.63) is 23.8 Å². The minimum atomic E-state index is 0. The van der Waals surface area contributed by atoms with E-state index in [1.807, 2.05) is 6.07 Å². The Morgan fingerprint density at radius 3 is 2.53 bits per heavy atom. The number of rotatable bonds is 8. The first-order valence-electron chi connectivity index (χ1n) is 11.3. The van der Waals surface area contributed by atoms with Crippen molar-refractivity contribution in [1.29, 1.82) is 0 Å². The molecule has 2 saturated heterocycles.